The zero-order valence-corrected chi connectivity index (χ0v) is 12.8. The molecule has 2 rings (SSSR count). The molecule has 18 heavy (non-hydrogen) atoms. The van der Waals surface area contributed by atoms with Crippen LogP contribution in [0.25, 0.3) is 0 Å². The predicted molar refractivity (Wildman–Crippen MR) is 80.6 cm³/mol. The van der Waals surface area contributed by atoms with Crippen molar-refractivity contribution in [3.63, 3.8) is 0 Å². The van der Waals surface area contributed by atoms with Gasteiger partial charge in [-0.15, -0.1) is 0 Å². The quantitative estimate of drug-likeness (QED) is 0.537. The van der Waals surface area contributed by atoms with Gasteiger partial charge in [-0.25, -0.2) is 0 Å². The molecule has 2 atom stereocenters. The number of hydrogen-bond acceptors (Lipinski definition) is 0. The van der Waals surface area contributed by atoms with E-state index in [9.17, 15) is 0 Å². The summed E-state index contributed by atoms with van der Waals surface area (Å²) in [6, 6.07) is 0. The molecule has 0 bridgehead atoms. The van der Waals surface area contributed by atoms with Crippen LogP contribution in [0, 0.1) is 23.7 Å². The molecule has 2 aliphatic carbocycles. The molecule has 0 spiro atoms. The highest BCUT2D eigenvalue weighted by molar-refractivity contribution is 5.09. The van der Waals surface area contributed by atoms with Gasteiger partial charge in [0.2, 0.25) is 0 Å². The number of hydrogen-bond donors (Lipinski definition) is 0. The zero-order valence-electron chi connectivity index (χ0n) is 12.8. The average molecular weight is 248 g/mol. The smallest absolute Gasteiger partial charge is 0.0225 e. The van der Waals surface area contributed by atoms with E-state index in [1.807, 2.05) is 0 Å². The van der Waals surface area contributed by atoms with E-state index in [1.165, 1.54) is 57.8 Å². The monoisotopic (exact) mass is 248 g/mol. The molecule has 0 saturated heterocycles. The first-order chi connectivity index (χ1) is 8.71. The highest BCUT2D eigenvalue weighted by atomic mass is 14.3. The van der Waals surface area contributed by atoms with Crippen molar-refractivity contribution < 1.29 is 0 Å². The van der Waals surface area contributed by atoms with E-state index in [2.05, 4.69) is 26.8 Å². The van der Waals surface area contributed by atoms with Gasteiger partial charge in [0.1, 0.15) is 0 Å². The van der Waals surface area contributed by atoms with Crippen molar-refractivity contribution >= 4 is 0 Å². The summed E-state index contributed by atoms with van der Waals surface area (Å²) in [6.07, 6.45) is 15.7. The van der Waals surface area contributed by atoms with Crippen LogP contribution < -0.4 is 0 Å². The maximum absolute atomic E-state index is 2.66. The predicted octanol–water partition coefficient (Wildman–Crippen LogP) is 5.98. The molecular formula is C18H32. The summed E-state index contributed by atoms with van der Waals surface area (Å²) in [7, 11) is 0. The van der Waals surface area contributed by atoms with Gasteiger partial charge >= 0.3 is 0 Å². The van der Waals surface area contributed by atoms with Crippen LogP contribution in [0.3, 0.4) is 0 Å². The molecule has 0 aromatic carbocycles. The third kappa shape index (κ3) is 3.87. The van der Waals surface area contributed by atoms with Crippen LogP contribution in [-0.2, 0) is 0 Å². The highest BCUT2D eigenvalue weighted by Gasteiger charge is 2.25. The second-order valence-corrected chi connectivity index (χ2v) is 7.01. The van der Waals surface area contributed by atoms with Crippen molar-refractivity contribution in [2.45, 2.75) is 78.6 Å². The zero-order chi connectivity index (χ0) is 13.0. The standard InChI is InChI=1S/C18H32/c1-4-15-10-16(5-2)12-18(11-15)13-17-8-6-14(3)7-9-17/h11,14,16-18H,4-10,12-13H2,1-3H3. The van der Waals surface area contributed by atoms with Gasteiger partial charge < -0.3 is 0 Å². The lowest BCUT2D eigenvalue weighted by Crippen LogP contribution is -2.19. The third-order valence-electron chi connectivity index (χ3n) is 5.46. The Hall–Kier alpha value is -0.260. The fourth-order valence-corrected chi connectivity index (χ4v) is 4.08. The second kappa shape index (κ2) is 6.78. The maximum atomic E-state index is 2.66. The Morgan fingerprint density at radius 3 is 2.39 bits per heavy atom. The highest BCUT2D eigenvalue weighted by Crippen LogP contribution is 2.38. The van der Waals surface area contributed by atoms with Gasteiger partial charge in [-0.1, -0.05) is 64.5 Å². The third-order valence-corrected chi connectivity index (χ3v) is 5.46. The summed E-state index contributed by atoms with van der Waals surface area (Å²) in [6.45, 7) is 7.14. The van der Waals surface area contributed by atoms with Gasteiger partial charge in [0.05, 0.1) is 0 Å². The Labute approximate surface area is 114 Å². The molecule has 0 aromatic rings. The summed E-state index contributed by atoms with van der Waals surface area (Å²) in [5.41, 5.74) is 1.75. The fourth-order valence-electron chi connectivity index (χ4n) is 4.08. The van der Waals surface area contributed by atoms with Crippen molar-refractivity contribution in [2.24, 2.45) is 23.7 Å². The lowest BCUT2D eigenvalue weighted by molar-refractivity contribution is 0.238. The van der Waals surface area contributed by atoms with Crippen LogP contribution in [-0.4, -0.2) is 0 Å². The van der Waals surface area contributed by atoms with E-state index < -0.39 is 0 Å². The van der Waals surface area contributed by atoms with Gasteiger partial charge in [-0.3, -0.25) is 0 Å². The number of rotatable bonds is 4. The number of allylic oxidation sites excluding steroid dienone is 2. The van der Waals surface area contributed by atoms with Crippen molar-refractivity contribution in [3.8, 4) is 0 Å². The van der Waals surface area contributed by atoms with Crippen LogP contribution in [0.5, 0.6) is 0 Å². The Morgan fingerprint density at radius 1 is 1.06 bits per heavy atom. The van der Waals surface area contributed by atoms with Gasteiger partial charge in [0.15, 0.2) is 0 Å². The van der Waals surface area contributed by atoms with E-state index in [0.29, 0.717) is 0 Å². The minimum absolute atomic E-state index is 0.914. The Bertz CT molecular complexity index is 268. The molecule has 0 N–H and O–H groups in total. The Morgan fingerprint density at radius 2 is 1.78 bits per heavy atom. The molecule has 1 saturated carbocycles. The van der Waals surface area contributed by atoms with Crippen molar-refractivity contribution in [2.75, 3.05) is 0 Å². The molecule has 0 aromatic heterocycles. The van der Waals surface area contributed by atoms with Crippen LogP contribution in [0.4, 0.5) is 0 Å². The Balaban J connectivity index is 1.87. The molecule has 2 aliphatic rings. The largest absolute Gasteiger partial charge is 0.0822 e. The topological polar surface area (TPSA) is 0 Å². The van der Waals surface area contributed by atoms with Crippen molar-refractivity contribution in [1.29, 1.82) is 0 Å². The molecule has 0 radical (unpaired) electrons. The van der Waals surface area contributed by atoms with Crippen LogP contribution in [0.1, 0.15) is 78.6 Å². The summed E-state index contributed by atoms with van der Waals surface area (Å²) in [4.78, 5) is 0. The van der Waals surface area contributed by atoms with Crippen LogP contribution in [0.15, 0.2) is 11.6 Å². The molecule has 0 heterocycles. The van der Waals surface area contributed by atoms with E-state index in [-0.39, 0.29) is 0 Å². The molecule has 104 valence electrons. The van der Waals surface area contributed by atoms with E-state index in [1.54, 1.807) is 5.57 Å². The van der Waals surface area contributed by atoms with Crippen LogP contribution >= 0.6 is 0 Å². The fraction of sp³-hybridized carbons (Fsp3) is 0.889. The van der Waals surface area contributed by atoms with Gasteiger partial charge in [-0.2, -0.15) is 0 Å². The van der Waals surface area contributed by atoms with E-state index in [4.69, 9.17) is 0 Å². The summed E-state index contributed by atoms with van der Waals surface area (Å²) >= 11 is 0. The first kappa shape index (κ1) is 14.2. The van der Waals surface area contributed by atoms with Gasteiger partial charge in [0, 0.05) is 0 Å². The minimum Gasteiger partial charge on any atom is -0.0822 e. The van der Waals surface area contributed by atoms with Crippen molar-refractivity contribution in [1.82, 2.24) is 0 Å². The molecule has 0 heteroatoms. The normalized spacial score (nSPS) is 37.4. The molecular weight excluding hydrogens is 216 g/mol. The first-order valence-electron chi connectivity index (χ1n) is 8.40. The first-order valence-corrected chi connectivity index (χ1v) is 8.40. The van der Waals surface area contributed by atoms with Crippen LogP contribution in [0.2, 0.25) is 0 Å². The Kier molecular flexibility index (Phi) is 5.33. The average Bonchev–Trinajstić information content (AvgIpc) is 2.41. The van der Waals surface area contributed by atoms with Gasteiger partial charge in [-0.05, 0) is 49.4 Å². The second-order valence-electron chi connectivity index (χ2n) is 7.01. The minimum atomic E-state index is 0.914. The maximum Gasteiger partial charge on any atom is -0.0225 e. The van der Waals surface area contributed by atoms with E-state index >= 15 is 0 Å². The molecule has 1 fully saturated rings. The summed E-state index contributed by atoms with van der Waals surface area (Å²) in [5, 5.41) is 0. The molecule has 0 amide bonds. The SMILES string of the molecule is CCC1=CC(CC2CCC(C)CC2)CC(CC)C1. The van der Waals surface area contributed by atoms with E-state index in [0.717, 1.165) is 23.7 Å². The lowest BCUT2D eigenvalue weighted by atomic mass is 9.73. The summed E-state index contributed by atoms with van der Waals surface area (Å²) < 4.78 is 0. The van der Waals surface area contributed by atoms with Gasteiger partial charge in [0.25, 0.3) is 0 Å². The summed E-state index contributed by atoms with van der Waals surface area (Å²) in [5.74, 6) is 3.93. The van der Waals surface area contributed by atoms with Crippen molar-refractivity contribution in [3.05, 3.63) is 11.6 Å². The molecule has 0 nitrogen and oxygen atoms in total. The molecule has 0 aliphatic heterocycles. The lowest BCUT2D eigenvalue weighted by Gasteiger charge is -2.33. The molecule has 2 unspecified atom stereocenters.